The maximum atomic E-state index is 12.4. The molecule has 2 aromatic rings. The molecular weight excluding hydrogens is 400 g/mol. The number of amides is 1. The normalized spacial score (nSPS) is 10.3. The fourth-order valence-electron chi connectivity index (χ4n) is 1.87. The molecule has 0 unspecified atom stereocenters. The molecule has 0 fully saturated rings. The number of hydrogen-bond donors (Lipinski definition) is 2. The Bertz CT molecular complexity index is 679. The molecule has 2 rings (SSSR count). The van der Waals surface area contributed by atoms with Gasteiger partial charge in [0.25, 0.3) is 5.91 Å². The van der Waals surface area contributed by atoms with Crippen LogP contribution in [-0.2, 0) is 0 Å². The topological polar surface area (TPSA) is 64.3 Å². The number of carbonyl (C=O) groups excluding carboxylic acids is 1. The monoisotopic (exact) mass is 412 g/mol. The van der Waals surface area contributed by atoms with E-state index >= 15 is 0 Å². The van der Waals surface area contributed by atoms with Crippen molar-refractivity contribution in [1.82, 2.24) is 0 Å². The fraction of sp³-hybridized carbons (Fsp3) is 0.133. The SMILES string of the molecule is COc1ccc(C(=O)Nc2c(Br)cc(C)cc2Br)c(N)c1. The van der Waals surface area contributed by atoms with Gasteiger partial charge in [-0.25, -0.2) is 0 Å². The van der Waals surface area contributed by atoms with Crippen molar-refractivity contribution in [3.05, 3.63) is 50.4 Å². The lowest BCUT2D eigenvalue weighted by Gasteiger charge is -2.12. The molecule has 6 heteroatoms. The highest BCUT2D eigenvalue weighted by Gasteiger charge is 2.14. The van der Waals surface area contributed by atoms with Crippen LogP contribution in [0.5, 0.6) is 5.75 Å². The standard InChI is InChI=1S/C15H14Br2N2O2/c1-8-5-11(16)14(12(17)6-8)19-15(20)10-4-3-9(21-2)7-13(10)18/h3-7H,18H2,1-2H3,(H,19,20). The Morgan fingerprint density at radius 3 is 2.33 bits per heavy atom. The molecule has 2 aromatic carbocycles. The minimum Gasteiger partial charge on any atom is -0.497 e. The minimum atomic E-state index is -0.277. The number of benzene rings is 2. The van der Waals surface area contributed by atoms with Gasteiger partial charge in [0, 0.05) is 20.7 Å². The number of nitrogen functional groups attached to an aromatic ring is 1. The van der Waals surface area contributed by atoms with Crippen LogP contribution in [0.15, 0.2) is 39.3 Å². The van der Waals surface area contributed by atoms with E-state index in [1.54, 1.807) is 25.3 Å². The van der Waals surface area contributed by atoms with E-state index in [2.05, 4.69) is 37.2 Å². The predicted octanol–water partition coefficient (Wildman–Crippen LogP) is 4.36. The zero-order chi connectivity index (χ0) is 15.6. The first-order chi connectivity index (χ1) is 9.92. The summed E-state index contributed by atoms with van der Waals surface area (Å²) < 4.78 is 6.67. The molecule has 0 atom stereocenters. The first-order valence-electron chi connectivity index (χ1n) is 6.13. The van der Waals surface area contributed by atoms with Gasteiger partial charge in [-0.15, -0.1) is 0 Å². The minimum absolute atomic E-state index is 0.277. The number of nitrogens with two attached hydrogens (primary N) is 1. The third-order valence-electron chi connectivity index (χ3n) is 2.93. The van der Waals surface area contributed by atoms with E-state index in [4.69, 9.17) is 10.5 Å². The highest BCUT2D eigenvalue weighted by molar-refractivity contribution is 9.11. The first-order valence-corrected chi connectivity index (χ1v) is 7.71. The lowest BCUT2D eigenvalue weighted by atomic mass is 10.1. The number of halogens is 2. The van der Waals surface area contributed by atoms with Gasteiger partial charge in [0.1, 0.15) is 5.75 Å². The number of anilines is 2. The summed E-state index contributed by atoms with van der Waals surface area (Å²) in [6, 6.07) is 8.81. The number of aryl methyl sites for hydroxylation is 1. The average molecular weight is 414 g/mol. The molecule has 0 saturated carbocycles. The predicted molar refractivity (Wildman–Crippen MR) is 91.9 cm³/mol. The maximum absolute atomic E-state index is 12.4. The smallest absolute Gasteiger partial charge is 0.257 e. The van der Waals surface area contributed by atoms with Crippen LogP contribution in [0.1, 0.15) is 15.9 Å². The van der Waals surface area contributed by atoms with Gasteiger partial charge in [-0.05, 0) is 68.6 Å². The molecule has 4 nitrogen and oxygen atoms in total. The van der Waals surface area contributed by atoms with E-state index in [0.717, 1.165) is 14.5 Å². The molecule has 0 aliphatic carbocycles. The molecule has 110 valence electrons. The maximum Gasteiger partial charge on any atom is 0.257 e. The summed E-state index contributed by atoms with van der Waals surface area (Å²) in [6.07, 6.45) is 0. The van der Waals surface area contributed by atoms with E-state index in [-0.39, 0.29) is 5.91 Å². The molecule has 21 heavy (non-hydrogen) atoms. The molecule has 0 aliphatic rings. The van der Waals surface area contributed by atoms with Crippen LogP contribution in [0.25, 0.3) is 0 Å². The molecule has 0 spiro atoms. The number of hydrogen-bond acceptors (Lipinski definition) is 3. The summed E-state index contributed by atoms with van der Waals surface area (Å²) in [5.74, 6) is 0.335. The summed E-state index contributed by atoms with van der Waals surface area (Å²) >= 11 is 6.89. The van der Waals surface area contributed by atoms with Gasteiger partial charge in [0.2, 0.25) is 0 Å². The first kappa shape index (κ1) is 15.9. The van der Waals surface area contributed by atoms with E-state index in [1.165, 1.54) is 0 Å². The molecule has 3 N–H and O–H groups in total. The molecule has 1 amide bonds. The zero-order valence-electron chi connectivity index (χ0n) is 11.5. The Morgan fingerprint density at radius 1 is 1.19 bits per heavy atom. The number of rotatable bonds is 3. The summed E-state index contributed by atoms with van der Waals surface area (Å²) in [7, 11) is 1.55. The van der Waals surface area contributed by atoms with E-state index < -0.39 is 0 Å². The second kappa shape index (κ2) is 6.49. The zero-order valence-corrected chi connectivity index (χ0v) is 14.7. The second-order valence-electron chi connectivity index (χ2n) is 4.51. The lowest BCUT2D eigenvalue weighted by molar-refractivity contribution is 0.102. The van der Waals surface area contributed by atoms with Gasteiger partial charge in [-0.2, -0.15) is 0 Å². The van der Waals surface area contributed by atoms with Crippen molar-refractivity contribution < 1.29 is 9.53 Å². The Labute approximate surface area is 139 Å². The molecule has 0 aromatic heterocycles. The van der Waals surface area contributed by atoms with Gasteiger partial charge in [-0.1, -0.05) is 0 Å². The van der Waals surface area contributed by atoms with Crippen LogP contribution >= 0.6 is 31.9 Å². The van der Waals surface area contributed by atoms with E-state index in [9.17, 15) is 4.79 Å². The number of nitrogens with one attached hydrogen (secondary N) is 1. The van der Waals surface area contributed by atoms with Crippen molar-refractivity contribution in [2.24, 2.45) is 0 Å². The second-order valence-corrected chi connectivity index (χ2v) is 6.22. The van der Waals surface area contributed by atoms with Crippen molar-refractivity contribution in [3.63, 3.8) is 0 Å². The summed E-state index contributed by atoms with van der Waals surface area (Å²) in [6.45, 7) is 1.97. The molecule has 0 saturated heterocycles. The van der Waals surface area contributed by atoms with E-state index in [1.807, 2.05) is 19.1 Å². The van der Waals surface area contributed by atoms with Crippen LogP contribution in [-0.4, -0.2) is 13.0 Å². The highest BCUT2D eigenvalue weighted by Crippen LogP contribution is 2.33. The Balaban J connectivity index is 2.30. The van der Waals surface area contributed by atoms with Gasteiger partial charge in [0.05, 0.1) is 18.4 Å². The van der Waals surface area contributed by atoms with Crippen molar-refractivity contribution in [1.29, 1.82) is 0 Å². The number of methoxy groups -OCH3 is 1. The van der Waals surface area contributed by atoms with Crippen molar-refractivity contribution in [3.8, 4) is 5.75 Å². The summed E-state index contributed by atoms with van der Waals surface area (Å²) in [4.78, 5) is 12.4. The highest BCUT2D eigenvalue weighted by atomic mass is 79.9. The summed E-state index contributed by atoms with van der Waals surface area (Å²) in [5.41, 5.74) is 8.40. The molecule has 0 radical (unpaired) electrons. The van der Waals surface area contributed by atoms with E-state index in [0.29, 0.717) is 22.7 Å². The average Bonchev–Trinajstić information content (AvgIpc) is 2.42. The van der Waals surface area contributed by atoms with Crippen LogP contribution in [0.3, 0.4) is 0 Å². The summed E-state index contributed by atoms with van der Waals surface area (Å²) in [5, 5.41) is 2.85. The third kappa shape index (κ3) is 3.57. The van der Waals surface area contributed by atoms with Crippen LogP contribution < -0.4 is 15.8 Å². The van der Waals surface area contributed by atoms with Crippen LogP contribution in [0.4, 0.5) is 11.4 Å². The molecule has 0 bridgehead atoms. The van der Waals surface area contributed by atoms with Crippen molar-refractivity contribution in [2.75, 3.05) is 18.2 Å². The third-order valence-corrected chi connectivity index (χ3v) is 4.18. The quantitative estimate of drug-likeness (QED) is 0.734. The Kier molecular flexibility index (Phi) is 4.90. The van der Waals surface area contributed by atoms with Crippen molar-refractivity contribution in [2.45, 2.75) is 6.92 Å². The molecule has 0 heterocycles. The van der Waals surface area contributed by atoms with Gasteiger partial charge >= 0.3 is 0 Å². The molecule has 0 aliphatic heterocycles. The van der Waals surface area contributed by atoms with Crippen molar-refractivity contribution >= 4 is 49.1 Å². The van der Waals surface area contributed by atoms with Crippen LogP contribution in [0.2, 0.25) is 0 Å². The Morgan fingerprint density at radius 2 is 1.81 bits per heavy atom. The van der Waals surface area contributed by atoms with Gasteiger partial charge < -0.3 is 15.8 Å². The van der Waals surface area contributed by atoms with Gasteiger partial charge in [0.15, 0.2) is 0 Å². The number of carbonyl (C=O) groups is 1. The molecular formula is C15H14Br2N2O2. The fourth-order valence-corrected chi connectivity index (χ4v) is 3.49. The van der Waals surface area contributed by atoms with Gasteiger partial charge in [-0.3, -0.25) is 4.79 Å². The number of ether oxygens (including phenoxy) is 1. The largest absolute Gasteiger partial charge is 0.497 e. The van der Waals surface area contributed by atoms with Crippen LogP contribution in [0, 0.1) is 6.92 Å². The Hall–Kier alpha value is -1.53. The lowest BCUT2D eigenvalue weighted by Crippen LogP contribution is -2.15.